The van der Waals surface area contributed by atoms with Crippen molar-refractivity contribution < 1.29 is 0 Å². The van der Waals surface area contributed by atoms with E-state index in [9.17, 15) is 0 Å². The number of aromatic nitrogens is 2. The van der Waals surface area contributed by atoms with Crippen molar-refractivity contribution >= 4 is 23.1 Å². The lowest BCUT2D eigenvalue weighted by atomic mass is 10.1. The molecule has 0 radical (unpaired) electrons. The molecule has 2 rings (SSSR count). The molecule has 100 valence electrons. The van der Waals surface area contributed by atoms with Gasteiger partial charge in [0.25, 0.3) is 0 Å². The van der Waals surface area contributed by atoms with Gasteiger partial charge < -0.3 is 4.90 Å². The lowest BCUT2D eigenvalue weighted by Gasteiger charge is -2.23. The molecule has 1 aromatic heterocycles. The SMILES string of the molecule is CCc1c(Cl)ncnc1N(C)c1ccc(C)cc1C. The standard InChI is InChI=1S/C15H18ClN3/c1-5-12-14(16)17-9-18-15(12)19(4)13-7-6-10(2)8-11(13)3/h6-9H,5H2,1-4H3. The quantitative estimate of drug-likeness (QED) is 0.791. The molecule has 2 aromatic rings. The Morgan fingerprint density at radius 3 is 2.58 bits per heavy atom. The Labute approximate surface area is 119 Å². The lowest BCUT2D eigenvalue weighted by Crippen LogP contribution is -2.15. The minimum absolute atomic E-state index is 0.532. The Bertz CT molecular complexity index is 596. The molecule has 0 aliphatic rings. The van der Waals surface area contributed by atoms with Crippen LogP contribution in [0.1, 0.15) is 23.6 Å². The third-order valence-electron chi connectivity index (χ3n) is 3.25. The molecule has 1 heterocycles. The summed E-state index contributed by atoms with van der Waals surface area (Å²) < 4.78 is 0. The van der Waals surface area contributed by atoms with Crippen LogP contribution in [0, 0.1) is 13.8 Å². The third-order valence-corrected chi connectivity index (χ3v) is 3.58. The number of hydrogen-bond donors (Lipinski definition) is 0. The monoisotopic (exact) mass is 275 g/mol. The second kappa shape index (κ2) is 5.57. The summed E-state index contributed by atoms with van der Waals surface area (Å²) in [5.74, 6) is 0.870. The van der Waals surface area contributed by atoms with Crippen LogP contribution in [0.25, 0.3) is 0 Å². The van der Waals surface area contributed by atoms with Crippen molar-refractivity contribution in [3.8, 4) is 0 Å². The summed E-state index contributed by atoms with van der Waals surface area (Å²) in [5, 5.41) is 0.532. The average molecular weight is 276 g/mol. The second-order valence-electron chi connectivity index (χ2n) is 4.67. The number of aryl methyl sites for hydroxylation is 2. The van der Waals surface area contributed by atoms with Crippen LogP contribution in [0.15, 0.2) is 24.5 Å². The molecule has 3 nitrogen and oxygen atoms in total. The number of rotatable bonds is 3. The fourth-order valence-electron chi connectivity index (χ4n) is 2.27. The molecular formula is C15H18ClN3. The van der Waals surface area contributed by atoms with Crippen molar-refractivity contribution in [2.75, 3.05) is 11.9 Å². The maximum Gasteiger partial charge on any atom is 0.140 e. The zero-order chi connectivity index (χ0) is 14.0. The first-order valence-electron chi connectivity index (χ1n) is 6.35. The summed E-state index contributed by atoms with van der Waals surface area (Å²) >= 11 is 6.15. The third kappa shape index (κ3) is 2.71. The minimum Gasteiger partial charge on any atom is -0.329 e. The van der Waals surface area contributed by atoms with Crippen LogP contribution in [-0.2, 0) is 6.42 Å². The molecule has 0 saturated carbocycles. The van der Waals surface area contributed by atoms with Gasteiger partial charge in [0.2, 0.25) is 0 Å². The molecule has 0 spiro atoms. The van der Waals surface area contributed by atoms with Crippen LogP contribution >= 0.6 is 11.6 Å². The van der Waals surface area contributed by atoms with E-state index in [1.54, 1.807) is 0 Å². The second-order valence-corrected chi connectivity index (χ2v) is 5.03. The van der Waals surface area contributed by atoms with E-state index in [0.29, 0.717) is 5.15 Å². The van der Waals surface area contributed by atoms with Gasteiger partial charge in [0.05, 0.1) is 0 Å². The van der Waals surface area contributed by atoms with Gasteiger partial charge in [-0.25, -0.2) is 9.97 Å². The summed E-state index contributed by atoms with van der Waals surface area (Å²) in [6, 6.07) is 6.38. The van der Waals surface area contributed by atoms with Crippen LogP contribution in [0.2, 0.25) is 5.15 Å². The molecular weight excluding hydrogens is 258 g/mol. The summed E-state index contributed by atoms with van der Waals surface area (Å²) in [7, 11) is 2.01. The highest BCUT2D eigenvalue weighted by Gasteiger charge is 2.14. The number of anilines is 2. The van der Waals surface area contributed by atoms with Crippen molar-refractivity contribution in [1.29, 1.82) is 0 Å². The summed E-state index contributed by atoms with van der Waals surface area (Å²) in [6.45, 7) is 6.26. The van der Waals surface area contributed by atoms with E-state index < -0.39 is 0 Å². The largest absolute Gasteiger partial charge is 0.329 e. The predicted octanol–water partition coefficient (Wildman–Crippen LogP) is 4.08. The highest BCUT2D eigenvalue weighted by Crippen LogP contribution is 2.30. The first-order chi connectivity index (χ1) is 9.04. The Balaban J connectivity index is 2.50. The van der Waals surface area contributed by atoms with Gasteiger partial charge in [-0.15, -0.1) is 0 Å². The maximum atomic E-state index is 6.15. The van der Waals surface area contributed by atoms with Gasteiger partial charge in [-0.2, -0.15) is 0 Å². The van der Waals surface area contributed by atoms with Crippen LogP contribution in [0.3, 0.4) is 0 Å². The number of halogens is 1. The first-order valence-corrected chi connectivity index (χ1v) is 6.72. The van der Waals surface area contributed by atoms with Crippen LogP contribution in [0.5, 0.6) is 0 Å². The van der Waals surface area contributed by atoms with Crippen molar-refractivity contribution in [2.24, 2.45) is 0 Å². The fourth-order valence-corrected chi connectivity index (χ4v) is 2.53. The van der Waals surface area contributed by atoms with E-state index >= 15 is 0 Å². The van der Waals surface area contributed by atoms with Crippen LogP contribution < -0.4 is 4.90 Å². The zero-order valence-corrected chi connectivity index (χ0v) is 12.5. The molecule has 0 bridgehead atoms. The number of nitrogens with zero attached hydrogens (tertiary/aromatic N) is 3. The molecule has 0 amide bonds. The Kier molecular flexibility index (Phi) is 4.05. The minimum atomic E-state index is 0.532. The fraction of sp³-hybridized carbons (Fsp3) is 0.333. The summed E-state index contributed by atoms with van der Waals surface area (Å²) in [6.07, 6.45) is 2.32. The Morgan fingerprint density at radius 1 is 1.21 bits per heavy atom. The first kappa shape index (κ1) is 13.8. The molecule has 0 N–H and O–H groups in total. The van der Waals surface area contributed by atoms with Gasteiger partial charge in [0.1, 0.15) is 17.3 Å². The molecule has 0 aliphatic carbocycles. The number of hydrogen-bond acceptors (Lipinski definition) is 3. The maximum absolute atomic E-state index is 6.15. The van der Waals surface area contributed by atoms with Gasteiger partial charge in [0, 0.05) is 18.3 Å². The topological polar surface area (TPSA) is 29.0 Å². The van der Waals surface area contributed by atoms with E-state index in [1.807, 2.05) is 7.05 Å². The predicted molar refractivity (Wildman–Crippen MR) is 80.4 cm³/mol. The molecule has 1 aromatic carbocycles. The van der Waals surface area contributed by atoms with Crippen molar-refractivity contribution in [2.45, 2.75) is 27.2 Å². The van der Waals surface area contributed by atoms with E-state index in [-0.39, 0.29) is 0 Å². The van der Waals surface area contributed by atoms with E-state index in [2.05, 4.69) is 53.8 Å². The number of benzene rings is 1. The van der Waals surface area contributed by atoms with E-state index in [1.165, 1.54) is 17.5 Å². The molecule has 19 heavy (non-hydrogen) atoms. The van der Waals surface area contributed by atoms with Crippen molar-refractivity contribution in [3.63, 3.8) is 0 Å². The molecule has 4 heteroatoms. The van der Waals surface area contributed by atoms with Gasteiger partial charge in [0.15, 0.2) is 0 Å². The Morgan fingerprint density at radius 2 is 1.95 bits per heavy atom. The van der Waals surface area contributed by atoms with Crippen molar-refractivity contribution in [1.82, 2.24) is 9.97 Å². The normalized spacial score (nSPS) is 10.6. The van der Waals surface area contributed by atoms with E-state index in [4.69, 9.17) is 11.6 Å². The van der Waals surface area contributed by atoms with Crippen LogP contribution in [-0.4, -0.2) is 17.0 Å². The van der Waals surface area contributed by atoms with Gasteiger partial charge in [-0.05, 0) is 31.9 Å². The van der Waals surface area contributed by atoms with Crippen LogP contribution in [0.4, 0.5) is 11.5 Å². The Hall–Kier alpha value is -1.61. The van der Waals surface area contributed by atoms with Gasteiger partial charge >= 0.3 is 0 Å². The van der Waals surface area contributed by atoms with E-state index in [0.717, 1.165) is 23.5 Å². The highest BCUT2D eigenvalue weighted by molar-refractivity contribution is 6.30. The summed E-state index contributed by atoms with van der Waals surface area (Å²) in [5.41, 5.74) is 4.59. The zero-order valence-electron chi connectivity index (χ0n) is 11.7. The highest BCUT2D eigenvalue weighted by atomic mass is 35.5. The lowest BCUT2D eigenvalue weighted by molar-refractivity contribution is 0.996. The van der Waals surface area contributed by atoms with Gasteiger partial charge in [-0.1, -0.05) is 36.2 Å². The molecule has 0 saturated heterocycles. The molecule has 0 fully saturated rings. The van der Waals surface area contributed by atoms with Crippen molar-refractivity contribution in [3.05, 3.63) is 46.4 Å². The average Bonchev–Trinajstić information content (AvgIpc) is 2.37. The van der Waals surface area contributed by atoms with Gasteiger partial charge in [-0.3, -0.25) is 0 Å². The summed E-state index contributed by atoms with van der Waals surface area (Å²) in [4.78, 5) is 10.5. The molecule has 0 aliphatic heterocycles. The smallest absolute Gasteiger partial charge is 0.140 e. The molecule has 0 unspecified atom stereocenters. The molecule has 0 atom stereocenters.